The van der Waals surface area contributed by atoms with Gasteiger partial charge in [0.25, 0.3) is 0 Å². The average Bonchev–Trinajstić information content (AvgIpc) is 2.37. The second-order valence-corrected chi connectivity index (χ2v) is 5.87. The predicted molar refractivity (Wildman–Crippen MR) is 77.2 cm³/mol. The van der Waals surface area contributed by atoms with Gasteiger partial charge in [-0.05, 0) is 44.0 Å². The number of nitrogens with zero attached hydrogens (tertiary/aromatic N) is 2. The van der Waals surface area contributed by atoms with Crippen LogP contribution in [0.5, 0.6) is 0 Å². The Morgan fingerprint density at radius 3 is 2.67 bits per heavy atom. The van der Waals surface area contributed by atoms with Gasteiger partial charge in [-0.2, -0.15) is 0 Å². The lowest BCUT2D eigenvalue weighted by Gasteiger charge is -2.31. The van der Waals surface area contributed by atoms with Crippen LogP contribution >= 0.6 is 23.2 Å². The van der Waals surface area contributed by atoms with E-state index in [4.69, 9.17) is 23.2 Å². The van der Waals surface area contributed by atoms with Gasteiger partial charge in [-0.25, -0.2) is 4.98 Å². The normalized spacial score (nSPS) is 18.2. The topological polar surface area (TPSA) is 16.1 Å². The Morgan fingerprint density at radius 1 is 1.28 bits per heavy atom. The van der Waals surface area contributed by atoms with Crippen LogP contribution in [0.25, 0.3) is 0 Å². The van der Waals surface area contributed by atoms with Crippen molar-refractivity contribution < 1.29 is 0 Å². The van der Waals surface area contributed by atoms with Gasteiger partial charge in [0.1, 0.15) is 5.15 Å². The number of hydrogen-bond acceptors (Lipinski definition) is 2. The summed E-state index contributed by atoms with van der Waals surface area (Å²) in [5.41, 5.74) is 0.901. The molecule has 1 aliphatic heterocycles. The van der Waals surface area contributed by atoms with Gasteiger partial charge in [0.05, 0.1) is 10.7 Å². The molecular formula is C14H20Cl2N2. The highest BCUT2D eigenvalue weighted by atomic mass is 35.5. The van der Waals surface area contributed by atoms with Gasteiger partial charge in [-0.15, -0.1) is 0 Å². The number of aromatic nitrogens is 1. The minimum atomic E-state index is 0.523. The lowest BCUT2D eigenvalue weighted by Crippen LogP contribution is -2.33. The van der Waals surface area contributed by atoms with Gasteiger partial charge in [0.2, 0.25) is 0 Å². The molecule has 1 aromatic rings. The van der Waals surface area contributed by atoms with Crippen molar-refractivity contribution in [3.05, 3.63) is 28.0 Å². The fourth-order valence-corrected chi connectivity index (χ4v) is 2.95. The largest absolute Gasteiger partial charge is 0.297 e. The summed E-state index contributed by atoms with van der Waals surface area (Å²) in [6.07, 6.45) is 5.26. The van der Waals surface area contributed by atoms with Crippen molar-refractivity contribution in [2.24, 2.45) is 5.92 Å². The summed E-state index contributed by atoms with van der Waals surface area (Å²) in [7, 11) is 0. The second-order valence-electron chi connectivity index (χ2n) is 5.07. The first-order valence-corrected chi connectivity index (χ1v) is 7.48. The van der Waals surface area contributed by atoms with Crippen molar-refractivity contribution in [1.29, 1.82) is 0 Å². The van der Waals surface area contributed by atoms with Crippen molar-refractivity contribution in [2.45, 2.75) is 39.2 Å². The van der Waals surface area contributed by atoms with Crippen LogP contribution in [0.3, 0.4) is 0 Å². The van der Waals surface area contributed by atoms with E-state index >= 15 is 0 Å². The predicted octanol–water partition coefficient (Wildman–Crippen LogP) is 4.40. The van der Waals surface area contributed by atoms with Crippen molar-refractivity contribution in [2.75, 3.05) is 13.1 Å². The number of rotatable bonds is 4. The van der Waals surface area contributed by atoms with Crippen molar-refractivity contribution in [3.63, 3.8) is 0 Å². The highest BCUT2D eigenvalue weighted by Gasteiger charge is 2.19. The Morgan fingerprint density at radius 2 is 2.00 bits per heavy atom. The van der Waals surface area contributed by atoms with Crippen LogP contribution in [0.15, 0.2) is 12.1 Å². The molecular weight excluding hydrogens is 267 g/mol. The maximum atomic E-state index is 6.15. The van der Waals surface area contributed by atoms with E-state index in [2.05, 4.69) is 16.8 Å². The summed E-state index contributed by atoms with van der Waals surface area (Å²) >= 11 is 12.1. The maximum absolute atomic E-state index is 6.15. The van der Waals surface area contributed by atoms with E-state index in [0.717, 1.165) is 36.3 Å². The van der Waals surface area contributed by atoms with E-state index in [1.807, 2.05) is 6.07 Å². The molecule has 1 aromatic heterocycles. The maximum Gasteiger partial charge on any atom is 0.129 e. The van der Waals surface area contributed by atoms with E-state index < -0.39 is 0 Å². The van der Waals surface area contributed by atoms with E-state index in [1.54, 1.807) is 6.07 Å². The zero-order valence-corrected chi connectivity index (χ0v) is 12.3. The molecule has 0 saturated carbocycles. The third kappa shape index (κ3) is 3.84. The Labute approximate surface area is 119 Å². The van der Waals surface area contributed by atoms with Gasteiger partial charge < -0.3 is 0 Å². The molecule has 1 fully saturated rings. The highest BCUT2D eigenvalue weighted by molar-refractivity contribution is 6.32. The summed E-state index contributed by atoms with van der Waals surface area (Å²) in [6, 6.07) is 3.57. The van der Waals surface area contributed by atoms with Crippen molar-refractivity contribution >= 4 is 23.2 Å². The first-order chi connectivity index (χ1) is 8.69. The molecule has 1 aliphatic rings. The molecule has 2 heterocycles. The van der Waals surface area contributed by atoms with Gasteiger partial charge in [0.15, 0.2) is 0 Å². The fraction of sp³-hybridized carbons (Fsp3) is 0.643. The minimum absolute atomic E-state index is 0.523. The standard InChI is InChI=1S/C14H20Cl2N2/c1-2-3-11-6-8-18(9-7-11)10-13-12(15)4-5-14(16)17-13/h4-5,11H,2-3,6-10H2,1H3. The van der Waals surface area contributed by atoms with E-state index in [-0.39, 0.29) is 0 Å². The van der Waals surface area contributed by atoms with Crippen LogP contribution in [0.1, 0.15) is 38.3 Å². The smallest absolute Gasteiger partial charge is 0.129 e. The zero-order valence-electron chi connectivity index (χ0n) is 10.8. The summed E-state index contributed by atoms with van der Waals surface area (Å²) in [4.78, 5) is 6.74. The lowest BCUT2D eigenvalue weighted by molar-refractivity contribution is 0.170. The molecule has 18 heavy (non-hydrogen) atoms. The van der Waals surface area contributed by atoms with Gasteiger partial charge in [-0.1, -0.05) is 43.0 Å². The van der Waals surface area contributed by atoms with E-state index in [9.17, 15) is 0 Å². The number of likely N-dealkylation sites (tertiary alicyclic amines) is 1. The Hall–Kier alpha value is -0.310. The molecule has 0 N–H and O–H groups in total. The van der Waals surface area contributed by atoms with Crippen LogP contribution in [-0.4, -0.2) is 23.0 Å². The summed E-state index contributed by atoms with van der Waals surface area (Å²) in [5, 5.41) is 1.24. The Bertz CT molecular complexity index is 387. The number of hydrogen-bond donors (Lipinski definition) is 0. The Balaban J connectivity index is 1.89. The first-order valence-electron chi connectivity index (χ1n) is 6.72. The van der Waals surface area contributed by atoms with Crippen molar-refractivity contribution in [3.8, 4) is 0 Å². The first kappa shape index (κ1) is 14.1. The SMILES string of the molecule is CCCC1CCN(Cc2nc(Cl)ccc2Cl)CC1. The molecule has 0 spiro atoms. The monoisotopic (exact) mass is 286 g/mol. The third-order valence-electron chi connectivity index (χ3n) is 3.66. The number of pyridine rings is 1. The molecule has 0 bridgehead atoms. The summed E-state index contributed by atoms with van der Waals surface area (Å²) in [6.45, 7) is 5.38. The molecule has 2 rings (SSSR count). The molecule has 100 valence electrons. The number of piperidine rings is 1. The highest BCUT2D eigenvalue weighted by Crippen LogP contribution is 2.24. The Kier molecular flexibility index (Phi) is 5.28. The van der Waals surface area contributed by atoms with Crippen LogP contribution in [-0.2, 0) is 6.54 Å². The van der Waals surface area contributed by atoms with Crippen LogP contribution in [0, 0.1) is 5.92 Å². The van der Waals surface area contributed by atoms with Gasteiger partial charge in [0, 0.05) is 6.54 Å². The molecule has 0 amide bonds. The van der Waals surface area contributed by atoms with Crippen LogP contribution < -0.4 is 0 Å². The van der Waals surface area contributed by atoms with Crippen molar-refractivity contribution in [1.82, 2.24) is 9.88 Å². The molecule has 0 aromatic carbocycles. The molecule has 1 saturated heterocycles. The number of halogens is 2. The van der Waals surface area contributed by atoms with E-state index in [0.29, 0.717) is 5.15 Å². The molecule has 0 atom stereocenters. The average molecular weight is 287 g/mol. The van der Waals surface area contributed by atoms with Crippen LogP contribution in [0.2, 0.25) is 10.2 Å². The molecule has 2 nitrogen and oxygen atoms in total. The molecule has 4 heteroatoms. The molecule has 0 radical (unpaired) electrons. The van der Waals surface area contributed by atoms with Crippen LogP contribution in [0.4, 0.5) is 0 Å². The summed E-state index contributed by atoms with van der Waals surface area (Å²) < 4.78 is 0. The minimum Gasteiger partial charge on any atom is -0.297 e. The van der Waals surface area contributed by atoms with E-state index in [1.165, 1.54) is 25.7 Å². The quantitative estimate of drug-likeness (QED) is 0.763. The second kappa shape index (κ2) is 6.74. The zero-order chi connectivity index (χ0) is 13.0. The van der Waals surface area contributed by atoms with Gasteiger partial charge >= 0.3 is 0 Å². The lowest BCUT2D eigenvalue weighted by atomic mass is 9.92. The van der Waals surface area contributed by atoms with Gasteiger partial charge in [-0.3, -0.25) is 4.90 Å². The molecule has 0 aliphatic carbocycles. The third-order valence-corrected chi connectivity index (χ3v) is 4.22. The fourth-order valence-electron chi connectivity index (χ4n) is 2.62. The molecule has 0 unspecified atom stereocenters. The summed E-state index contributed by atoms with van der Waals surface area (Å²) in [5.74, 6) is 0.911.